The summed E-state index contributed by atoms with van der Waals surface area (Å²) in [6, 6.07) is 0. The first-order valence-electron chi connectivity index (χ1n) is 27.4. The van der Waals surface area contributed by atoms with Gasteiger partial charge >= 0.3 is 0 Å². The second kappa shape index (κ2) is 23.0. The van der Waals surface area contributed by atoms with Crippen LogP contribution in [-0.2, 0) is 37.9 Å². The van der Waals surface area contributed by atoms with E-state index in [1.807, 2.05) is 20.8 Å². The molecule has 8 fully saturated rings. The fourth-order valence-electron chi connectivity index (χ4n) is 15.5. The Hall–Kier alpha value is -1.14. The summed E-state index contributed by atoms with van der Waals surface area (Å²) in [4.78, 5) is 0. The molecule has 14 N–H and O–H groups in total. The van der Waals surface area contributed by atoms with Crippen molar-refractivity contribution in [2.45, 2.75) is 254 Å². The summed E-state index contributed by atoms with van der Waals surface area (Å²) in [6.07, 6.45) is -23.4. The fraction of sp³-hybridized carbons (Fsp3) is 0.962. The van der Waals surface area contributed by atoms with Crippen LogP contribution in [0.5, 0.6) is 0 Å². The normalized spacial score (nSPS) is 52.7. The van der Waals surface area contributed by atoms with Gasteiger partial charge in [0.05, 0.1) is 43.7 Å². The smallest absolute Gasteiger partial charge is 0.187 e. The molecule has 22 heteroatoms. The Labute approximate surface area is 439 Å². The van der Waals surface area contributed by atoms with Crippen LogP contribution in [0.15, 0.2) is 11.6 Å². The highest BCUT2D eigenvalue weighted by Gasteiger charge is 2.70. The number of hydrogen-bond donors (Lipinski definition) is 14. The van der Waals surface area contributed by atoms with Gasteiger partial charge < -0.3 is 109 Å². The van der Waals surface area contributed by atoms with Gasteiger partial charge in [-0.15, -0.1) is 0 Å². The molecule has 75 heavy (non-hydrogen) atoms. The number of ether oxygens (including phenoxy) is 8. The van der Waals surface area contributed by atoms with Crippen molar-refractivity contribution in [3.8, 4) is 0 Å². The molecule has 0 amide bonds. The zero-order valence-corrected chi connectivity index (χ0v) is 44.7. The van der Waals surface area contributed by atoms with Crippen LogP contribution in [0.3, 0.4) is 0 Å². The van der Waals surface area contributed by atoms with E-state index in [4.69, 9.17) is 37.9 Å². The minimum Gasteiger partial charge on any atom is -0.394 e. The molecule has 4 saturated carbocycles. The van der Waals surface area contributed by atoms with Gasteiger partial charge in [0.1, 0.15) is 91.6 Å². The molecule has 0 unspecified atom stereocenters. The molecule has 4 saturated heterocycles. The van der Waals surface area contributed by atoms with Crippen LogP contribution in [0, 0.1) is 45.8 Å². The number of fused-ring (bicyclic) bond motifs is 5. The summed E-state index contributed by atoms with van der Waals surface area (Å²) in [6.45, 7) is 14.6. The fourth-order valence-corrected chi connectivity index (χ4v) is 15.5. The lowest BCUT2D eigenvalue weighted by molar-refractivity contribution is -0.377. The van der Waals surface area contributed by atoms with E-state index in [0.717, 1.165) is 31.3 Å². The van der Waals surface area contributed by atoms with E-state index >= 15 is 0 Å². The third-order valence-electron chi connectivity index (χ3n) is 20.3. The summed E-state index contributed by atoms with van der Waals surface area (Å²) >= 11 is 0. The lowest BCUT2D eigenvalue weighted by atomic mass is 9.39. The summed E-state index contributed by atoms with van der Waals surface area (Å²) in [5.74, 6) is -0.0990. The first-order valence-corrected chi connectivity index (χ1v) is 27.4. The largest absolute Gasteiger partial charge is 0.394 e. The number of aliphatic hydroxyl groups is 14. The Morgan fingerprint density at radius 1 is 0.587 bits per heavy atom. The molecular formula is C53H90O22. The van der Waals surface area contributed by atoms with E-state index in [1.54, 1.807) is 0 Å². The molecule has 8 aliphatic rings. The molecule has 0 aromatic carbocycles. The second-order valence-corrected chi connectivity index (χ2v) is 25.0. The van der Waals surface area contributed by atoms with Crippen molar-refractivity contribution in [3.05, 3.63) is 11.6 Å². The summed E-state index contributed by atoms with van der Waals surface area (Å²) in [7, 11) is 0. The molecule has 0 aromatic heterocycles. The monoisotopic (exact) mass is 1080 g/mol. The van der Waals surface area contributed by atoms with Crippen LogP contribution < -0.4 is 0 Å². The Morgan fingerprint density at radius 3 is 1.79 bits per heavy atom. The van der Waals surface area contributed by atoms with Crippen LogP contribution in [0.4, 0.5) is 0 Å². The van der Waals surface area contributed by atoms with Crippen LogP contribution in [0.25, 0.3) is 0 Å². The topological polar surface area (TPSA) is 357 Å². The highest BCUT2D eigenvalue weighted by Crippen LogP contribution is 2.73. The second-order valence-electron chi connectivity index (χ2n) is 25.0. The van der Waals surface area contributed by atoms with Crippen molar-refractivity contribution < 1.29 is 109 Å². The highest BCUT2D eigenvalue weighted by molar-refractivity contribution is 5.18. The quantitative estimate of drug-likeness (QED) is 0.0651. The third-order valence-corrected chi connectivity index (χ3v) is 20.3. The summed E-state index contributed by atoms with van der Waals surface area (Å²) in [5, 5.41) is 152. The molecule has 434 valence electrons. The van der Waals surface area contributed by atoms with Gasteiger partial charge in [-0.1, -0.05) is 39.3 Å². The number of hydrogen-bond acceptors (Lipinski definition) is 22. The van der Waals surface area contributed by atoms with E-state index in [0.29, 0.717) is 32.1 Å². The van der Waals surface area contributed by atoms with Crippen molar-refractivity contribution in [2.75, 3.05) is 19.8 Å². The SMILES string of the molecule is CC(C)=CCC[C@](C)(O[C@H]1O[C@@H](CO[C@H]2O[C@@H](C)[C@H](O)[C@@H](O)[C@@H]2O)[C@H](O)[C@@H](O)[C@@H]1O)[C@@H]1CC[C@@]2(C)[C@H]1[C@@H](O)C[C@H]1[C@@H]3CC[C@H](O[C@H]4O[C@@H](CO)[C@H](O)[C@@H](O)[C@@H]4O[C@H]4O[C@@H](CO)[C@H](O)[C@@H](O)[C@@H]4O)C(C)(C)[C@@H]3CC[C@@]12C. The molecule has 4 aliphatic heterocycles. The van der Waals surface area contributed by atoms with Gasteiger partial charge in [0.2, 0.25) is 0 Å². The molecule has 0 radical (unpaired) electrons. The van der Waals surface area contributed by atoms with Gasteiger partial charge in [0.25, 0.3) is 0 Å². The Balaban J connectivity index is 0.993. The average molecular weight is 1080 g/mol. The predicted octanol–water partition coefficient (Wildman–Crippen LogP) is -1.57. The van der Waals surface area contributed by atoms with E-state index in [2.05, 4.69) is 33.8 Å². The van der Waals surface area contributed by atoms with Gasteiger partial charge in [-0.3, -0.25) is 0 Å². The first kappa shape index (κ1) is 60.0. The minimum atomic E-state index is -1.81. The van der Waals surface area contributed by atoms with Crippen LogP contribution >= 0.6 is 0 Å². The van der Waals surface area contributed by atoms with Crippen LogP contribution in [0.2, 0.25) is 0 Å². The van der Waals surface area contributed by atoms with Gasteiger partial charge in [-0.05, 0) is 131 Å². The molecule has 4 heterocycles. The van der Waals surface area contributed by atoms with Gasteiger partial charge in [0.15, 0.2) is 25.2 Å². The van der Waals surface area contributed by atoms with Crippen molar-refractivity contribution in [1.82, 2.24) is 0 Å². The predicted molar refractivity (Wildman–Crippen MR) is 260 cm³/mol. The molecule has 22 nitrogen and oxygen atoms in total. The summed E-state index contributed by atoms with van der Waals surface area (Å²) in [5.41, 5.74) is -1.07. The average Bonchev–Trinajstić information content (AvgIpc) is 3.76. The zero-order valence-electron chi connectivity index (χ0n) is 44.7. The van der Waals surface area contributed by atoms with E-state index in [9.17, 15) is 71.5 Å². The van der Waals surface area contributed by atoms with Gasteiger partial charge in [-0.2, -0.15) is 0 Å². The van der Waals surface area contributed by atoms with Crippen molar-refractivity contribution in [3.63, 3.8) is 0 Å². The minimum absolute atomic E-state index is 0.103. The number of rotatable bonds is 15. The number of allylic oxidation sites excluding steroid dienone is 2. The Morgan fingerprint density at radius 2 is 1.15 bits per heavy atom. The van der Waals surface area contributed by atoms with Gasteiger partial charge in [0, 0.05) is 0 Å². The Kier molecular flexibility index (Phi) is 18.4. The molecule has 0 bridgehead atoms. The third kappa shape index (κ3) is 10.8. The van der Waals surface area contributed by atoms with Crippen LogP contribution in [-0.4, -0.2) is 232 Å². The molecule has 4 aliphatic carbocycles. The van der Waals surface area contributed by atoms with E-state index in [1.165, 1.54) is 6.92 Å². The van der Waals surface area contributed by atoms with Gasteiger partial charge in [-0.25, -0.2) is 0 Å². The standard InChI is InChI=1S/C53H90O22/c1-22(2)10-9-15-53(8,75-48-44(67)40(63)37(60)31(72-48)21-68-46-42(65)38(61)34(57)23(3)69-46)26-14-17-52(7)33(26)28(56)18-27-24-11-12-32(50(4,5)25(24)13-16-51(27,52)6)73-49-45(41(64)36(59)30(20-55)71-49)74-47-43(66)39(62)35(58)29(19-54)70-47/h10,23-49,54-67H,9,11-21H2,1-8H3/t23-,24+,25+,26+,27-,28-,29-,30-,31-,32-,33+,34-,35-,36-,37-,38+,39+,40+,41+,42-,43-,44-,45-,46-,47+,48+,49+,51-,52-,53-/m0/s1. The van der Waals surface area contributed by atoms with Crippen molar-refractivity contribution in [1.29, 1.82) is 0 Å². The van der Waals surface area contributed by atoms with Crippen LogP contribution in [0.1, 0.15) is 113 Å². The maximum Gasteiger partial charge on any atom is 0.187 e. The maximum atomic E-state index is 12.7. The lowest BCUT2D eigenvalue weighted by Gasteiger charge is -2.67. The molecule has 30 atom stereocenters. The van der Waals surface area contributed by atoms with E-state index in [-0.39, 0.29) is 40.4 Å². The molecule has 0 spiro atoms. The Bertz CT molecular complexity index is 1930. The summed E-state index contributed by atoms with van der Waals surface area (Å²) < 4.78 is 49.0. The molecular weight excluding hydrogens is 989 g/mol. The maximum absolute atomic E-state index is 12.7. The number of aliphatic hydroxyl groups excluding tert-OH is 14. The first-order chi connectivity index (χ1) is 35.1. The zero-order chi connectivity index (χ0) is 55.0. The molecule has 0 aromatic rings. The highest BCUT2D eigenvalue weighted by atomic mass is 16.8. The van der Waals surface area contributed by atoms with E-state index < -0.39 is 166 Å². The van der Waals surface area contributed by atoms with Crippen molar-refractivity contribution in [2.24, 2.45) is 45.8 Å². The van der Waals surface area contributed by atoms with Crippen molar-refractivity contribution >= 4 is 0 Å². The lowest BCUT2D eigenvalue weighted by Crippen LogP contribution is -2.66. The molecule has 8 rings (SSSR count).